The lowest BCUT2D eigenvalue weighted by molar-refractivity contribution is 0.0946. The molecule has 26 heavy (non-hydrogen) atoms. The van der Waals surface area contributed by atoms with E-state index >= 15 is 0 Å². The number of carbonyl (C=O) groups excluding carboxylic acids is 1. The largest absolute Gasteiger partial charge is 0.438 e. The van der Waals surface area contributed by atoms with Gasteiger partial charge in [-0.2, -0.15) is 0 Å². The second kappa shape index (κ2) is 7.82. The molecule has 2 aromatic heterocycles. The van der Waals surface area contributed by atoms with E-state index in [-0.39, 0.29) is 17.0 Å². The van der Waals surface area contributed by atoms with Crippen LogP contribution in [0.25, 0.3) is 11.0 Å². The van der Waals surface area contributed by atoms with Crippen LogP contribution in [0, 0.1) is 5.41 Å². The van der Waals surface area contributed by atoms with E-state index in [9.17, 15) is 4.79 Å². The zero-order valence-corrected chi connectivity index (χ0v) is 15.0. The second-order valence-corrected chi connectivity index (χ2v) is 5.89. The monoisotopic (exact) mass is 350 g/mol. The first-order valence-corrected chi connectivity index (χ1v) is 8.68. The number of anilines is 1. The van der Waals surface area contributed by atoms with Gasteiger partial charge in [-0.3, -0.25) is 15.2 Å². The highest BCUT2D eigenvalue weighted by Crippen LogP contribution is 2.21. The quantitative estimate of drug-likeness (QED) is 0.716. The van der Waals surface area contributed by atoms with Crippen molar-refractivity contribution in [3.63, 3.8) is 0 Å². The maximum absolute atomic E-state index is 12.4. The highest BCUT2D eigenvalue weighted by molar-refractivity contribution is 5.96. The molecule has 0 aliphatic heterocycles. The van der Waals surface area contributed by atoms with E-state index in [4.69, 9.17) is 9.83 Å². The van der Waals surface area contributed by atoms with Gasteiger partial charge in [0.25, 0.3) is 5.91 Å². The number of amides is 1. The molecule has 1 amide bonds. The molecule has 0 saturated carbocycles. The van der Waals surface area contributed by atoms with E-state index in [2.05, 4.69) is 29.0 Å². The number of nitrogens with one attached hydrogen (secondary N) is 2. The van der Waals surface area contributed by atoms with Crippen LogP contribution in [-0.2, 0) is 6.54 Å². The SMILES string of the molecule is CCN(CC)c1ccc2cc(C(=O)NCc3ccccn3)c(=N)oc2c1. The Morgan fingerprint density at radius 2 is 2.00 bits per heavy atom. The molecule has 0 spiro atoms. The lowest BCUT2D eigenvalue weighted by Gasteiger charge is -2.21. The van der Waals surface area contributed by atoms with Crippen molar-refractivity contribution in [3.8, 4) is 0 Å². The normalized spacial score (nSPS) is 10.7. The Morgan fingerprint density at radius 3 is 2.69 bits per heavy atom. The summed E-state index contributed by atoms with van der Waals surface area (Å²) in [4.78, 5) is 18.8. The van der Waals surface area contributed by atoms with Crippen molar-refractivity contribution < 1.29 is 9.21 Å². The Hall–Kier alpha value is -3.15. The van der Waals surface area contributed by atoms with Gasteiger partial charge < -0.3 is 14.6 Å². The predicted octanol–water partition coefficient (Wildman–Crippen LogP) is 3.08. The highest BCUT2D eigenvalue weighted by Gasteiger charge is 2.13. The van der Waals surface area contributed by atoms with Gasteiger partial charge in [-0.15, -0.1) is 0 Å². The molecule has 6 nitrogen and oxygen atoms in total. The third kappa shape index (κ3) is 3.74. The van der Waals surface area contributed by atoms with Gasteiger partial charge >= 0.3 is 0 Å². The first kappa shape index (κ1) is 17.7. The smallest absolute Gasteiger partial charge is 0.257 e. The summed E-state index contributed by atoms with van der Waals surface area (Å²) in [6.07, 6.45) is 1.68. The molecule has 0 unspecified atom stereocenters. The minimum atomic E-state index is -0.348. The molecule has 134 valence electrons. The topological polar surface area (TPSA) is 82.2 Å². The molecule has 3 rings (SSSR count). The summed E-state index contributed by atoms with van der Waals surface area (Å²) in [7, 11) is 0. The number of rotatable bonds is 6. The molecule has 0 saturated heterocycles. The van der Waals surface area contributed by atoms with E-state index in [1.807, 2.05) is 36.4 Å². The van der Waals surface area contributed by atoms with E-state index in [0.717, 1.165) is 29.9 Å². The maximum Gasteiger partial charge on any atom is 0.257 e. The predicted molar refractivity (Wildman–Crippen MR) is 101 cm³/mol. The van der Waals surface area contributed by atoms with E-state index in [1.54, 1.807) is 12.3 Å². The number of hydrogen-bond donors (Lipinski definition) is 2. The van der Waals surface area contributed by atoms with Gasteiger partial charge in [0.15, 0.2) is 0 Å². The van der Waals surface area contributed by atoms with Gasteiger partial charge in [0.05, 0.1) is 12.2 Å². The molecule has 0 bridgehead atoms. The van der Waals surface area contributed by atoms with Crippen molar-refractivity contribution in [2.75, 3.05) is 18.0 Å². The van der Waals surface area contributed by atoms with Crippen LogP contribution in [0.3, 0.4) is 0 Å². The number of carbonyl (C=O) groups is 1. The lowest BCUT2D eigenvalue weighted by atomic mass is 10.1. The van der Waals surface area contributed by atoms with Crippen LogP contribution in [0.1, 0.15) is 29.9 Å². The molecule has 2 N–H and O–H groups in total. The van der Waals surface area contributed by atoms with Gasteiger partial charge in [-0.25, -0.2) is 0 Å². The Balaban J connectivity index is 1.85. The molecule has 2 heterocycles. The summed E-state index contributed by atoms with van der Waals surface area (Å²) in [5.41, 5.74) is 2.46. The van der Waals surface area contributed by atoms with Gasteiger partial charge in [-0.05, 0) is 44.2 Å². The first-order valence-electron chi connectivity index (χ1n) is 8.68. The number of hydrogen-bond acceptors (Lipinski definition) is 5. The Labute approximate surface area is 152 Å². The molecule has 6 heteroatoms. The Bertz CT molecular complexity index is 962. The van der Waals surface area contributed by atoms with Crippen LogP contribution in [0.15, 0.2) is 53.1 Å². The number of nitrogens with zero attached hydrogens (tertiary/aromatic N) is 2. The van der Waals surface area contributed by atoms with E-state index in [1.165, 1.54) is 0 Å². The van der Waals surface area contributed by atoms with Crippen molar-refractivity contribution in [1.29, 1.82) is 5.41 Å². The van der Waals surface area contributed by atoms with Gasteiger partial charge in [0.1, 0.15) is 11.1 Å². The van der Waals surface area contributed by atoms with Gasteiger partial charge in [-0.1, -0.05) is 6.07 Å². The van der Waals surface area contributed by atoms with Crippen molar-refractivity contribution in [3.05, 3.63) is 65.5 Å². The third-order valence-electron chi connectivity index (χ3n) is 4.28. The lowest BCUT2D eigenvalue weighted by Crippen LogP contribution is -2.28. The first-order chi connectivity index (χ1) is 12.6. The van der Waals surface area contributed by atoms with Crippen LogP contribution >= 0.6 is 0 Å². The molecule has 0 fully saturated rings. The fraction of sp³-hybridized carbons (Fsp3) is 0.250. The van der Waals surface area contributed by atoms with Gasteiger partial charge in [0, 0.05) is 36.4 Å². The maximum atomic E-state index is 12.4. The van der Waals surface area contributed by atoms with Crippen molar-refractivity contribution in [2.24, 2.45) is 0 Å². The molecule has 0 aliphatic carbocycles. The fourth-order valence-electron chi connectivity index (χ4n) is 2.84. The van der Waals surface area contributed by atoms with E-state index < -0.39 is 0 Å². The highest BCUT2D eigenvalue weighted by atomic mass is 16.3. The second-order valence-electron chi connectivity index (χ2n) is 5.89. The molecule has 3 aromatic rings. The number of pyridine rings is 1. The van der Waals surface area contributed by atoms with Crippen LogP contribution < -0.4 is 15.8 Å². The zero-order valence-electron chi connectivity index (χ0n) is 15.0. The summed E-state index contributed by atoms with van der Waals surface area (Å²) >= 11 is 0. The summed E-state index contributed by atoms with van der Waals surface area (Å²) in [5.74, 6) is -0.348. The molecule has 0 aliphatic rings. The number of benzene rings is 1. The van der Waals surface area contributed by atoms with Crippen molar-refractivity contribution in [2.45, 2.75) is 20.4 Å². The van der Waals surface area contributed by atoms with Crippen LogP contribution in [0.5, 0.6) is 0 Å². The van der Waals surface area contributed by atoms with E-state index in [0.29, 0.717) is 12.1 Å². The minimum absolute atomic E-state index is 0.146. The number of aromatic nitrogens is 1. The molecule has 1 aromatic carbocycles. The minimum Gasteiger partial charge on any atom is -0.438 e. The molecule has 0 atom stereocenters. The number of fused-ring (bicyclic) bond motifs is 1. The standard InChI is InChI=1S/C20H22N4O2/c1-3-24(4-2)16-9-8-14-11-17(19(21)26-18(14)12-16)20(25)23-13-15-7-5-6-10-22-15/h5-12,21H,3-4,13H2,1-2H3,(H,23,25). The summed E-state index contributed by atoms with van der Waals surface area (Å²) in [6, 6.07) is 13.1. The average molecular weight is 350 g/mol. The molecule has 0 radical (unpaired) electrons. The van der Waals surface area contributed by atoms with Crippen LogP contribution in [0.2, 0.25) is 0 Å². The van der Waals surface area contributed by atoms with Gasteiger partial charge in [0.2, 0.25) is 5.55 Å². The third-order valence-corrected chi connectivity index (χ3v) is 4.28. The molecular weight excluding hydrogens is 328 g/mol. The fourth-order valence-corrected chi connectivity index (χ4v) is 2.84. The van der Waals surface area contributed by atoms with Crippen molar-refractivity contribution in [1.82, 2.24) is 10.3 Å². The summed E-state index contributed by atoms with van der Waals surface area (Å²) in [5, 5.41) is 11.6. The average Bonchev–Trinajstić information content (AvgIpc) is 2.67. The molecular formula is C20H22N4O2. The summed E-state index contributed by atoms with van der Waals surface area (Å²) < 4.78 is 5.61. The summed E-state index contributed by atoms with van der Waals surface area (Å²) in [6.45, 7) is 6.27. The Kier molecular flexibility index (Phi) is 5.31. The Morgan fingerprint density at radius 1 is 1.19 bits per heavy atom. The van der Waals surface area contributed by atoms with Crippen LogP contribution in [0.4, 0.5) is 5.69 Å². The van der Waals surface area contributed by atoms with Crippen molar-refractivity contribution >= 4 is 22.6 Å². The zero-order chi connectivity index (χ0) is 18.5. The van der Waals surface area contributed by atoms with Crippen LogP contribution in [-0.4, -0.2) is 24.0 Å².